The van der Waals surface area contributed by atoms with Crippen LogP contribution in [0.3, 0.4) is 0 Å². The van der Waals surface area contributed by atoms with E-state index in [4.69, 9.17) is 14.2 Å². The third-order valence-electron chi connectivity index (χ3n) is 4.32. The molecule has 0 amide bonds. The lowest BCUT2D eigenvalue weighted by Gasteiger charge is -2.20. The topological polar surface area (TPSA) is 82.8 Å². The summed E-state index contributed by atoms with van der Waals surface area (Å²) in [6.45, 7) is 8.53. The van der Waals surface area contributed by atoms with Gasteiger partial charge in [-0.25, -0.2) is 9.36 Å². The maximum atomic E-state index is 13.0. The fraction of sp³-hybridized carbons (Fsp3) is 0.429. The summed E-state index contributed by atoms with van der Waals surface area (Å²) in [7, 11) is 1.49. The summed E-state index contributed by atoms with van der Waals surface area (Å²) in [4.78, 5) is 17.5. The fourth-order valence-corrected chi connectivity index (χ4v) is 3.22. The third-order valence-corrected chi connectivity index (χ3v) is 4.32. The van der Waals surface area contributed by atoms with Crippen LogP contribution in [0.4, 0.5) is 4.79 Å². The molecule has 3 rings (SSSR count). The van der Waals surface area contributed by atoms with Gasteiger partial charge in [0.1, 0.15) is 5.60 Å². The average Bonchev–Trinajstić information content (AvgIpc) is 2.93. The number of hydrogen-bond donors (Lipinski definition) is 1. The number of pyridine rings is 1. The number of carbonyl (C=O) groups excluding carboxylic acids is 1. The number of nitrogens with zero attached hydrogens (tertiary/aromatic N) is 2. The van der Waals surface area contributed by atoms with E-state index in [-0.39, 0.29) is 5.75 Å². The van der Waals surface area contributed by atoms with Crippen LogP contribution in [0.1, 0.15) is 33.4 Å². The highest BCUT2D eigenvalue weighted by molar-refractivity contribution is 6.14. The van der Waals surface area contributed by atoms with E-state index in [0.29, 0.717) is 36.4 Å². The average molecular weight is 386 g/mol. The number of phenolic OH excluding ortho intramolecular Hbond substituents is 1. The SMILES string of the molecule is CCOCCc1nccc2c1c1cc(OC)c(O)cc1n2C(=O)OC(C)(C)C. The van der Waals surface area contributed by atoms with E-state index in [9.17, 15) is 9.90 Å². The first-order valence-electron chi connectivity index (χ1n) is 9.27. The maximum absolute atomic E-state index is 13.0. The van der Waals surface area contributed by atoms with Gasteiger partial charge in [-0.15, -0.1) is 0 Å². The van der Waals surface area contributed by atoms with Crippen molar-refractivity contribution in [2.45, 2.75) is 39.7 Å². The standard InChI is InChI=1S/C21H26N2O5/c1-6-27-10-8-14-19-13-11-18(26-5)17(24)12-16(13)23(15(19)7-9-22-14)20(25)28-21(2,3)4/h7,9,11-12,24H,6,8,10H2,1-5H3. The summed E-state index contributed by atoms with van der Waals surface area (Å²) >= 11 is 0. The minimum Gasteiger partial charge on any atom is -0.504 e. The summed E-state index contributed by atoms with van der Waals surface area (Å²) in [6.07, 6.45) is 1.75. The lowest BCUT2D eigenvalue weighted by atomic mass is 10.1. The van der Waals surface area contributed by atoms with Crippen molar-refractivity contribution >= 4 is 27.9 Å². The van der Waals surface area contributed by atoms with Gasteiger partial charge in [0, 0.05) is 36.1 Å². The van der Waals surface area contributed by atoms with Crippen molar-refractivity contribution in [3.8, 4) is 11.5 Å². The largest absolute Gasteiger partial charge is 0.504 e. The van der Waals surface area contributed by atoms with Crippen molar-refractivity contribution in [1.29, 1.82) is 0 Å². The first-order chi connectivity index (χ1) is 13.3. The first-order valence-corrected chi connectivity index (χ1v) is 9.27. The van der Waals surface area contributed by atoms with Crippen molar-refractivity contribution in [1.82, 2.24) is 9.55 Å². The minimum atomic E-state index is -0.653. The van der Waals surface area contributed by atoms with Gasteiger partial charge in [0.2, 0.25) is 0 Å². The van der Waals surface area contributed by atoms with Crippen LogP contribution in [-0.2, 0) is 15.9 Å². The van der Waals surface area contributed by atoms with Crippen molar-refractivity contribution in [2.24, 2.45) is 0 Å². The Morgan fingerprint density at radius 2 is 2.00 bits per heavy atom. The fourth-order valence-electron chi connectivity index (χ4n) is 3.22. The number of rotatable bonds is 5. The molecule has 0 bridgehead atoms. The van der Waals surface area contributed by atoms with Crippen LogP contribution in [0, 0.1) is 0 Å². The molecule has 28 heavy (non-hydrogen) atoms. The molecule has 0 aliphatic rings. The second kappa shape index (κ2) is 7.67. The summed E-state index contributed by atoms with van der Waals surface area (Å²) in [5, 5.41) is 11.9. The van der Waals surface area contributed by atoms with Crippen LogP contribution in [0.2, 0.25) is 0 Å². The van der Waals surface area contributed by atoms with Gasteiger partial charge in [-0.3, -0.25) is 4.98 Å². The van der Waals surface area contributed by atoms with Crippen molar-refractivity contribution in [3.63, 3.8) is 0 Å². The molecule has 3 aromatic rings. The molecule has 0 spiro atoms. The highest BCUT2D eigenvalue weighted by Gasteiger charge is 2.25. The van der Waals surface area contributed by atoms with Gasteiger partial charge in [-0.05, 0) is 39.8 Å². The number of phenols is 1. The summed E-state index contributed by atoms with van der Waals surface area (Å²) in [5.74, 6) is 0.279. The highest BCUT2D eigenvalue weighted by atomic mass is 16.6. The summed E-state index contributed by atoms with van der Waals surface area (Å²) < 4.78 is 17.8. The van der Waals surface area contributed by atoms with Crippen LogP contribution in [0.25, 0.3) is 21.8 Å². The van der Waals surface area contributed by atoms with Crippen molar-refractivity contribution < 1.29 is 24.1 Å². The molecule has 7 heteroatoms. The Labute approximate surface area is 163 Å². The molecule has 0 aliphatic heterocycles. The molecule has 7 nitrogen and oxygen atoms in total. The number of carbonyl (C=O) groups is 1. The van der Waals surface area contributed by atoms with Crippen LogP contribution in [-0.4, -0.2) is 46.7 Å². The van der Waals surface area contributed by atoms with E-state index in [1.54, 1.807) is 18.3 Å². The number of hydrogen-bond acceptors (Lipinski definition) is 6. The number of fused-ring (bicyclic) bond motifs is 3. The molecule has 0 saturated carbocycles. The van der Waals surface area contributed by atoms with Gasteiger partial charge in [-0.2, -0.15) is 0 Å². The van der Waals surface area contributed by atoms with E-state index < -0.39 is 11.7 Å². The zero-order chi connectivity index (χ0) is 20.5. The van der Waals surface area contributed by atoms with E-state index in [1.807, 2.05) is 27.7 Å². The van der Waals surface area contributed by atoms with Gasteiger partial charge in [0.15, 0.2) is 11.5 Å². The molecule has 2 aromatic heterocycles. The first kappa shape index (κ1) is 19.9. The molecule has 0 aliphatic carbocycles. The van der Waals surface area contributed by atoms with E-state index in [1.165, 1.54) is 17.7 Å². The van der Waals surface area contributed by atoms with Gasteiger partial charge in [0.25, 0.3) is 0 Å². The van der Waals surface area contributed by atoms with Crippen LogP contribution in [0.5, 0.6) is 11.5 Å². The molecule has 2 heterocycles. The Kier molecular flexibility index (Phi) is 5.47. The van der Waals surface area contributed by atoms with Crippen LogP contribution >= 0.6 is 0 Å². The van der Waals surface area contributed by atoms with Gasteiger partial charge in [-0.1, -0.05) is 0 Å². The summed E-state index contributed by atoms with van der Waals surface area (Å²) in [6, 6.07) is 5.01. The second-order valence-electron chi connectivity index (χ2n) is 7.46. The predicted molar refractivity (Wildman–Crippen MR) is 107 cm³/mol. The monoisotopic (exact) mass is 386 g/mol. The molecule has 0 radical (unpaired) electrons. The van der Waals surface area contributed by atoms with Crippen LogP contribution < -0.4 is 4.74 Å². The molecule has 0 atom stereocenters. The van der Waals surface area contributed by atoms with E-state index in [0.717, 1.165) is 16.5 Å². The van der Waals surface area contributed by atoms with Crippen molar-refractivity contribution in [3.05, 3.63) is 30.1 Å². The highest BCUT2D eigenvalue weighted by Crippen LogP contribution is 2.38. The Morgan fingerprint density at radius 1 is 1.25 bits per heavy atom. The number of benzene rings is 1. The maximum Gasteiger partial charge on any atom is 0.419 e. The molecule has 0 saturated heterocycles. The second-order valence-corrected chi connectivity index (χ2v) is 7.46. The quantitative estimate of drug-likeness (QED) is 0.660. The van der Waals surface area contributed by atoms with Gasteiger partial charge < -0.3 is 19.3 Å². The normalized spacial score (nSPS) is 11.9. The smallest absolute Gasteiger partial charge is 0.419 e. The number of aromatic hydroxyl groups is 1. The Balaban J connectivity index is 2.29. The molecular weight excluding hydrogens is 360 g/mol. The number of ether oxygens (including phenoxy) is 3. The molecule has 1 aromatic carbocycles. The Morgan fingerprint density at radius 3 is 2.64 bits per heavy atom. The zero-order valence-corrected chi connectivity index (χ0v) is 16.9. The predicted octanol–water partition coefficient (Wildman–Crippen LogP) is 4.27. The zero-order valence-electron chi connectivity index (χ0n) is 16.9. The lowest BCUT2D eigenvalue weighted by Crippen LogP contribution is -2.27. The third kappa shape index (κ3) is 3.75. The van der Waals surface area contributed by atoms with Crippen molar-refractivity contribution in [2.75, 3.05) is 20.3 Å². The Bertz CT molecular complexity index is 1020. The number of aromatic nitrogens is 2. The van der Waals surface area contributed by atoms with E-state index in [2.05, 4.69) is 4.98 Å². The molecule has 0 unspecified atom stereocenters. The molecule has 1 N–H and O–H groups in total. The summed E-state index contributed by atoms with van der Waals surface area (Å²) in [5.41, 5.74) is 1.36. The Hall–Kier alpha value is -2.80. The van der Waals surface area contributed by atoms with Gasteiger partial charge >= 0.3 is 6.09 Å². The molecule has 150 valence electrons. The molecule has 0 fully saturated rings. The van der Waals surface area contributed by atoms with Crippen LogP contribution in [0.15, 0.2) is 24.4 Å². The number of methoxy groups -OCH3 is 1. The van der Waals surface area contributed by atoms with E-state index >= 15 is 0 Å². The molecular formula is C21H26N2O5. The van der Waals surface area contributed by atoms with Gasteiger partial charge in [0.05, 0.1) is 30.4 Å². The lowest BCUT2D eigenvalue weighted by molar-refractivity contribution is 0.0551. The minimum absolute atomic E-state index is 0.0496.